The summed E-state index contributed by atoms with van der Waals surface area (Å²) in [6, 6.07) is 10.2. The number of rotatable bonds is 5. The Morgan fingerprint density at radius 3 is 2.38 bits per heavy atom. The molecule has 0 spiro atoms. The summed E-state index contributed by atoms with van der Waals surface area (Å²) in [6.45, 7) is 0. The molecular weight excluding hydrogens is 294 g/mol. The number of hydrogen-bond acceptors (Lipinski definition) is 5. The lowest BCUT2D eigenvalue weighted by Gasteiger charge is -2.05. The van der Waals surface area contributed by atoms with Crippen LogP contribution in [0.4, 0.5) is 5.69 Å². The molecule has 0 bridgehead atoms. The fraction of sp³-hybridized carbons (Fsp3) is 0. The van der Waals surface area contributed by atoms with E-state index >= 15 is 0 Å². The molecule has 0 aliphatic rings. The molecule has 0 saturated carbocycles. The second kappa shape index (κ2) is 6.19. The van der Waals surface area contributed by atoms with Crippen LogP contribution in [0.5, 0.6) is 0 Å². The van der Waals surface area contributed by atoms with Gasteiger partial charge in [-0.05, 0) is 30.3 Å². The molecule has 2 rings (SSSR count). The molecule has 7 heteroatoms. The van der Waals surface area contributed by atoms with Gasteiger partial charge in [0, 0.05) is 27.5 Å². The Morgan fingerprint density at radius 2 is 1.86 bits per heavy atom. The van der Waals surface area contributed by atoms with Crippen LogP contribution in [0.25, 0.3) is 0 Å². The minimum atomic E-state index is -1.02. The first-order chi connectivity index (χ1) is 10.0. The number of nitro groups is 1. The van der Waals surface area contributed by atoms with Crippen molar-refractivity contribution >= 4 is 29.7 Å². The number of benzene rings is 2. The smallest absolute Gasteiger partial charge is 0.335 e. The van der Waals surface area contributed by atoms with Crippen molar-refractivity contribution in [2.75, 3.05) is 0 Å². The van der Waals surface area contributed by atoms with E-state index in [2.05, 4.69) is 0 Å². The second-order valence-electron chi connectivity index (χ2n) is 4.03. The first kappa shape index (κ1) is 14.7. The molecule has 0 amide bonds. The number of carboxylic acids is 1. The van der Waals surface area contributed by atoms with Crippen LogP contribution in [0.15, 0.2) is 52.3 Å². The summed E-state index contributed by atoms with van der Waals surface area (Å²) in [7, 11) is 0. The number of hydrogen-bond donors (Lipinski definition) is 1. The Kier molecular flexibility index (Phi) is 4.34. The van der Waals surface area contributed by atoms with E-state index in [-0.39, 0.29) is 16.8 Å². The highest BCUT2D eigenvalue weighted by molar-refractivity contribution is 7.99. The zero-order valence-corrected chi connectivity index (χ0v) is 11.4. The van der Waals surface area contributed by atoms with Gasteiger partial charge in [-0.3, -0.25) is 14.9 Å². The van der Waals surface area contributed by atoms with Crippen molar-refractivity contribution in [1.29, 1.82) is 0 Å². The number of aromatic carboxylic acids is 1. The number of carbonyl (C=O) groups excluding carboxylic acids is 1. The molecule has 0 fully saturated rings. The lowest BCUT2D eigenvalue weighted by molar-refractivity contribution is -0.384. The van der Waals surface area contributed by atoms with Gasteiger partial charge >= 0.3 is 5.97 Å². The Morgan fingerprint density at radius 1 is 1.19 bits per heavy atom. The number of aldehydes is 1. The molecule has 1 N–H and O–H groups in total. The molecule has 0 aliphatic heterocycles. The predicted molar refractivity (Wildman–Crippen MR) is 76.0 cm³/mol. The average Bonchev–Trinajstić information content (AvgIpc) is 2.48. The highest BCUT2D eigenvalue weighted by atomic mass is 32.2. The zero-order valence-electron chi connectivity index (χ0n) is 10.6. The molecule has 0 radical (unpaired) electrons. The van der Waals surface area contributed by atoms with Crippen molar-refractivity contribution in [2.45, 2.75) is 9.79 Å². The van der Waals surface area contributed by atoms with Crippen LogP contribution in [0.3, 0.4) is 0 Å². The number of nitro benzene ring substituents is 1. The third-order valence-corrected chi connectivity index (χ3v) is 3.76. The molecule has 6 nitrogen and oxygen atoms in total. The van der Waals surface area contributed by atoms with Gasteiger partial charge < -0.3 is 5.11 Å². The zero-order chi connectivity index (χ0) is 15.4. The Balaban J connectivity index is 2.28. The van der Waals surface area contributed by atoms with Crippen LogP contribution < -0.4 is 0 Å². The van der Waals surface area contributed by atoms with Crippen LogP contribution in [-0.2, 0) is 0 Å². The van der Waals surface area contributed by atoms with Gasteiger partial charge in [0.25, 0.3) is 5.69 Å². The molecule has 0 aromatic heterocycles. The lowest BCUT2D eigenvalue weighted by atomic mass is 10.2. The summed E-state index contributed by atoms with van der Waals surface area (Å²) in [5, 5.41) is 19.5. The van der Waals surface area contributed by atoms with Crippen molar-refractivity contribution in [3.63, 3.8) is 0 Å². The van der Waals surface area contributed by atoms with Gasteiger partial charge in [-0.1, -0.05) is 11.8 Å². The van der Waals surface area contributed by atoms with Crippen molar-refractivity contribution in [3.8, 4) is 0 Å². The lowest BCUT2D eigenvalue weighted by Crippen LogP contribution is -1.95. The second-order valence-corrected chi connectivity index (χ2v) is 5.14. The van der Waals surface area contributed by atoms with Crippen molar-refractivity contribution < 1.29 is 19.6 Å². The third kappa shape index (κ3) is 3.46. The van der Waals surface area contributed by atoms with Gasteiger partial charge in [-0.25, -0.2) is 4.79 Å². The number of carboxylic acid groups (broad SMARTS) is 1. The quantitative estimate of drug-likeness (QED) is 0.517. The van der Waals surface area contributed by atoms with E-state index in [0.717, 1.165) is 4.90 Å². The molecule has 2 aromatic rings. The third-order valence-electron chi connectivity index (χ3n) is 2.66. The van der Waals surface area contributed by atoms with Crippen LogP contribution in [0.1, 0.15) is 20.7 Å². The minimum Gasteiger partial charge on any atom is -0.478 e. The highest BCUT2D eigenvalue weighted by Crippen LogP contribution is 2.31. The molecule has 0 aliphatic carbocycles. The molecule has 0 heterocycles. The summed E-state index contributed by atoms with van der Waals surface area (Å²) < 4.78 is 0. The van der Waals surface area contributed by atoms with E-state index in [9.17, 15) is 19.7 Å². The predicted octanol–water partition coefficient (Wildman–Crippen LogP) is 3.26. The molecular formula is C14H9NO5S. The van der Waals surface area contributed by atoms with Gasteiger partial charge in [0.15, 0.2) is 6.29 Å². The van der Waals surface area contributed by atoms with Crippen LogP contribution in [0, 0.1) is 10.1 Å². The van der Waals surface area contributed by atoms with Crippen molar-refractivity contribution in [2.24, 2.45) is 0 Å². The molecule has 0 unspecified atom stereocenters. The van der Waals surface area contributed by atoms with Crippen molar-refractivity contribution in [3.05, 3.63) is 63.7 Å². The normalized spacial score (nSPS) is 10.1. The molecule has 106 valence electrons. The van der Waals surface area contributed by atoms with E-state index in [0.29, 0.717) is 11.2 Å². The van der Waals surface area contributed by atoms with Gasteiger partial charge in [-0.2, -0.15) is 0 Å². The summed E-state index contributed by atoms with van der Waals surface area (Å²) in [4.78, 5) is 33.2. The summed E-state index contributed by atoms with van der Waals surface area (Å²) in [5.41, 5.74) is 0.234. The van der Waals surface area contributed by atoms with E-state index in [4.69, 9.17) is 5.11 Å². The van der Waals surface area contributed by atoms with E-state index in [1.165, 1.54) is 42.1 Å². The monoisotopic (exact) mass is 303 g/mol. The average molecular weight is 303 g/mol. The maximum Gasteiger partial charge on any atom is 0.335 e. The van der Waals surface area contributed by atoms with Gasteiger partial charge in [0.1, 0.15) is 0 Å². The minimum absolute atomic E-state index is 0.150. The number of nitrogens with zero attached hydrogens (tertiary/aromatic N) is 1. The maximum absolute atomic E-state index is 11.0. The summed E-state index contributed by atoms with van der Waals surface area (Å²) in [5.74, 6) is -1.02. The SMILES string of the molecule is O=Cc1cc([N+](=O)[O-])ccc1Sc1ccc(C(=O)O)cc1. The van der Waals surface area contributed by atoms with Gasteiger partial charge in [0.05, 0.1) is 10.5 Å². The first-order valence-corrected chi connectivity index (χ1v) is 6.58. The summed E-state index contributed by atoms with van der Waals surface area (Å²) >= 11 is 1.23. The van der Waals surface area contributed by atoms with Crippen LogP contribution in [-0.4, -0.2) is 22.3 Å². The standard InChI is InChI=1S/C14H9NO5S/c16-8-10-7-11(15(19)20)3-6-13(10)21-12-4-1-9(2-5-12)14(17)18/h1-8H,(H,17,18). The van der Waals surface area contributed by atoms with Crippen molar-refractivity contribution in [1.82, 2.24) is 0 Å². The Hall–Kier alpha value is -2.67. The molecule has 0 atom stereocenters. The topological polar surface area (TPSA) is 97.5 Å². The number of carbonyl (C=O) groups is 2. The van der Waals surface area contributed by atoms with E-state index in [1.807, 2.05) is 0 Å². The number of non-ortho nitro benzene ring substituents is 1. The van der Waals surface area contributed by atoms with Crippen LogP contribution in [0.2, 0.25) is 0 Å². The highest BCUT2D eigenvalue weighted by Gasteiger charge is 2.11. The Labute approximate surface area is 123 Å². The van der Waals surface area contributed by atoms with Gasteiger partial charge in [-0.15, -0.1) is 0 Å². The molecule has 2 aromatic carbocycles. The van der Waals surface area contributed by atoms with Gasteiger partial charge in [0.2, 0.25) is 0 Å². The first-order valence-electron chi connectivity index (χ1n) is 5.76. The summed E-state index contributed by atoms with van der Waals surface area (Å²) in [6.07, 6.45) is 0.556. The van der Waals surface area contributed by atoms with E-state index < -0.39 is 10.9 Å². The fourth-order valence-corrected chi connectivity index (χ4v) is 2.51. The fourth-order valence-electron chi connectivity index (χ4n) is 1.63. The molecule has 0 saturated heterocycles. The maximum atomic E-state index is 11.0. The van der Waals surface area contributed by atoms with Crippen LogP contribution >= 0.6 is 11.8 Å². The van der Waals surface area contributed by atoms with E-state index in [1.54, 1.807) is 12.1 Å². The largest absolute Gasteiger partial charge is 0.478 e. The Bertz CT molecular complexity index is 712. The molecule has 21 heavy (non-hydrogen) atoms.